The fraction of sp³-hybridized carbons (Fsp3) is 0.941. The second kappa shape index (κ2) is 5.24. The van der Waals surface area contributed by atoms with Crippen molar-refractivity contribution in [2.24, 2.45) is 35.3 Å². The minimum Gasteiger partial charge on any atom is -0.340 e. The molecule has 5 unspecified atom stereocenters. The zero-order valence-corrected chi connectivity index (χ0v) is 13.2. The summed E-state index contributed by atoms with van der Waals surface area (Å²) < 4.78 is 0. The van der Waals surface area contributed by atoms with Crippen molar-refractivity contribution in [3.05, 3.63) is 0 Å². The number of hydrogen-bond donors (Lipinski definition) is 1. The van der Waals surface area contributed by atoms with E-state index in [0.29, 0.717) is 17.9 Å². The first-order chi connectivity index (χ1) is 10.2. The van der Waals surface area contributed by atoms with Crippen molar-refractivity contribution >= 4 is 5.91 Å². The lowest BCUT2D eigenvalue weighted by atomic mass is 10.0. The number of piperazine rings is 1. The highest BCUT2D eigenvalue weighted by Crippen LogP contribution is 2.69. The molecule has 2 bridgehead atoms. The van der Waals surface area contributed by atoms with Crippen LogP contribution in [0, 0.1) is 29.6 Å². The van der Waals surface area contributed by atoms with Gasteiger partial charge in [-0.05, 0) is 49.4 Å². The molecule has 3 saturated carbocycles. The molecule has 3 aliphatic carbocycles. The third kappa shape index (κ3) is 2.14. The second-order valence-electron chi connectivity index (χ2n) is 7.67. The Bertz CT molecular complexity index is 398. The number of carbonyl (C=O) groups excluding carboxylic acids is 1. The summed E-state index contributed by atoms with van der Waals surface area (Å²) >= 11 is 0. The maximum atomic E-state index is 12.8. The van der Waals surface area contributed by atoms with E-state index in [1.807, 2.05) is 0 Å². The highest BCUT2D eigenvalue weighted by atomic mass is 16.2. The van der Waals surface area contributed by atoms with E-state index >= 15 is 0 Å². The molecule has 4 heteroatoms. The molecule has 1 amide bonds. The Kier molecular flexibility index (Phi) is 3.49. The van der Waals surface area contributed by atoms with Gasteiger partial charge in [0.1, 0.15) is 0 Å². The minimum atomic E-state index is 0.416. The van der Waals surface area contributed by atoms with Crippen molar-refractivity contribution in [1.82, 2.24) is 9.80 Å². The lowest BCUT2D eigenvalue weighted by Crippen LogP contribution is -2.54. The highest BCUT2D eigenvalue weighted by molar-refractivity contribution is 5.83. The van der Waals surface area contributed by atoms with Gasteiger partial charge in [0.05, 0.1) is 0 Å². The molecule has 1 aliphatic heterocycles. The van der Waals surface area contributed by atoms with Gasteiger partial charge in [-0.2, -0.15) is 0 Å². The van der Waals surface area contributed by atoms with Gasteiger partial charge >= 0.3 is 0 Å². The molecule has 118 valence electrons. The third-order valence-electron chi connectivity index (χ3n) is 6.91. The molecule has 0 radical (unpaired) electrons. The monoisotopic (exact) mass is 291 g/mol. The molecule has 0 aromatic rings. The van der Waals surface area contributed by atoms with Crippen molar-refractivity contribution in [2.45, 2.75) is 38.6 Å². The quantitative estimate of drug-likeness (QED) is 0.845. The standard InChI is InChI=1S/C17H29N3O/c1-2-13(10-18)19-5-7-20(8-6-19)17(21)16-14-11-3-4-12(9-11)15(14)16/h11-16H,2-10,18H2,1H3. The lowest BCUT2D eigenvalue weighted by molar-refractivity contribution is -0.135. The summed E-state index contributed by atoms with van der Waals surface area (Å²) in [6.07, 6.45) is 5.35. The van der Waals surface area contributed by atoms with Crippen molar-refractivity contribution in [1.29, 1.82) is 0 Å². The van der Waals surface area contributed by atoms with E-state index < -0.39 is 0 Å². The average Bonchev–Trinajstić information content (AvgIpc) is 2.95. The number of amides is 1. The summed E-state index contributed by atoms with van der Waals surface area (Å²) in [4.78, 5) is 17.4. The van der Waals surface area contributed by atoms with Crippen LogP contribution >= 0.6 is 0 Å². The smallest absolute Gasteiger partial charge is 0.226 e. The summed E-state index contributed by atoms with van der Waals surface area (Å²) in [7, 11) is 0. The molecule has 2 N–H and O–H groups in total. The van der Waals surface area contributed by atoms with Gasteiger partial charge in [0, 0.05) is 44.7 Å². The van der Waals surface area contributed by atoms with Gasteiger partial charge in [0.2, 0.25) is 5.91 Å². The average molecular weight is 291 g/mol. The van der Waals surface area contributed by atoms with Gasteiger partial charge in [0.15, 0.2) is 0 Å². The highest BCUT2D eigenvalue weighted by Gasteiger charge is 2.67. The second-order valence-corrected chi connectivity index (χ2v) is 7.67. The van der Waals surface area contributed by atoms with Crippen LogP contribution in [0.4, 0.5) is 0 Å². The topological polar surface area (TPSA) is 49.6 Å². The number of carbonyl (C=O) groups is 1. The summed E-state index contributed by atoms with van der Waals surface area (Å²) in [5.41, 5.74) is 5.84. The number of rotatable bonds is 4. The SMILES string of the molecule is CCC(CN)N1CCN(C(=O)C2C3C4CCC(C4)C23)CC1. The van der Waals surface area contributed by atoms with E-state index in [4.69, 9.17) is 5.73 Å². The van der Waals surface area contributed by atoms with Gasteiger partial charge in [-0.25, -0.2) is 0 Å². The summed E-state index contributed by atoms with van der Waals surface area (Å²) in [6.45, 7) is 6.80. The fourth-order valence-corrected chi connectivity index (χ4v) is 5.75. The van der Waals surface area contributed by atoms with E-state index in [9.17, 15) is 4.79 Å². The van der Waals surface area contributed by atoms with Crippen molar-refractivity contribution in [3.63, 3.8) is 0 Å². The first-order valence-corrected chi connectivity index (χ1v) is 8.97. The van der Waals surface area contributed by atoms with E-state index in [0.717, 1.165) is 62.8 Å². The molecule has 1 heterocycles. The maximum absolute atomic E-state index is 12.8. The van der Waals surface area contributed by atoms with Crippen LogP contribution in [0.1, 0.15) is 32.6 Å². The molecule has 4 nitrogen and oxygen atoms in total. The van der Waals surface area contributed by atoms with E-state index in [-0.39, 0.29) is 0 Å². The van der Waals surface area contributed by atoms with Gasteiger partial charge in [-0.1, -0.05) is 6.92 Å². The Morgan fingerprint density at radius 1 is 1.14 bits per heavy atom. The molecule has 4 rings (SSSR count). The number of fused-ring (bicyclic) bond motifs is 5. The lowest BCUT2D eigenvalue weighted by Gasteiger charge is -2.39. The van der Waals surface area contributed by atoms with Gasteiger partial charge in [0.25, 0.3) is 0 Å². The minimum absolute atomic E-state index is 0.416. The predicted octanol–water partition coefficient (Wildman–Crippen LogP) is 1.16. The van der Waals surface area contributed by atoms with Crippen molar-refractivity contribution in [2.75, 3.05) is 32.7 Å². The van der Waals surface area contributed by atoms with Crippen LogP contribution in [0.25, 0.3) is 0 Å². The number of hydrogen-bond acceptors (Lipinski definition) is 3. The molecule has 4 fully saturated rings. The molecule has 4 aliphatic rings. The molecule has 1 saturated heterocycles. The predicted molar refractivity (Wildman–Crippen MR) is 82.6 cm³/mol. The molecular formula is C17H29N3O. The largest absolute Gasteiger partial charge is 0.340 e. The van der Waals surface area contributed by atoms with Crippen LogP contribution in [-0.2, 0) is 4.79 Å². The first kappa shape index (κ1) is 14.0. The summed E-state index contributed by atoms with van der Waals surface area (Å²) in [6, 6.07) is 0.499. The van der Waals surface area contributed by atoms with Crippen LogP contribution in [0.15, 0.2) is 0 Å². The Hall–Kier alpha value is -0.610. The van der Waals surface area contributed by atoms with Gasteiger partial charge in [-0.15, -0.1) is 0 Å². The van der Waals surface area contributed by atoms with Gasteiger partial charge in [-0.3, -0.25) is 9.69 Å². The Morgan fingerprint density at radius 2 is 1.76 bits per heavy atom. The number of nitrogens with two attached hydrogens (primary N) is 1. The van der Waals surface area contributed by atoms with Crippen LogP contribution in [-0.4, -0.2) is 54.5 Å². The van der Waals surface area contributed by atoms with Crippen LogP contribution in [0.2, 0.25) is 0 Å². The van der Waals surface area contributed by atoms with Crippen LogP contribution in [0.5, 0.6) is 0 Å². The molecule has 0 aromatic carbocycles. The molecular weight excluding hydrogens is 262 g/mol. The Morgan fingerprint density at radius 3 is 2.29 bits per heavy atom. The molecule has 0 aromatic heterocycles. The molecule has 0 spiro atoms. The van der Waals surface area contributed by atoms with E-state index in [1.165, 1.54) is 19.3 Å². The van der Waals surface area contributed by atoms with E-state index in [1.54, 1.807) is 0 Å². The molecule has 21 heavy (non-hydrogen) atoms. The van der Waals surface area contributed by atoms with Crippen LogP contribution < -0.4 is 5.73 Å². The van der Waals surface area contributed by atoms with Crippen molar-refractivity contribution < 1.29 is 4.79 Å². The zero-order chi connectivity index (χ0) is 14.6. The Labute approximate surface area is 128 Å². The van der Waals surface area contributed by atoms with Gasteiger partial charge < -0.3 is 10.6 Å². The van der Waals surface area contributed by atoms with Crippen LogP contribution in [0.3, 0.4) is 0 Å². The zero-order valence-electron chi connectivity index (χ0n) is 13.2. The van der Waals surface area contributed by atoms with Crippen molar-refractivity contribution in [3.8, 4) is 0 Å². The fourth-order valence-electron chi connectivity index (χ4n) is 5.75. The summed E-state index contributed by atoms with van der Waals surface area (Å²) in [5.74, 6) is 4.26. The first-order valence-electron chi connectivity index (χ1n) is 8.97. The third-order valence-corrected chi connectivity index (χ3v) is 6.91. The Balaban J connectivity index is 1.32. The van der Waals surface area contributed by atoms with E-state index in [2.05, 4.69) is 16.7 Å². The maximum Gasteiger partial charge on any atom is 0.226 e. The summed E-state index contributed by atoms with van der Waals surface area (Å²) in [5, 5.41) is 0. The number of nitrogens with zero attached hydrogens (tertiary/aromatic N) is 2. The normalized spacial score (nSPS) is 43.0. The molecule has 5 atom stereocenters.